The third-order valence-electron chi connectivity index (χ3n) is 9.10. The number of nitrogens with zero attached hydrogens (tertiary/aromatic N) is 4. The lowest BCUT2D eigenvalue weighted by Crippen LogP contribution is -2.33. The van der Waals surface area contributed by atoms with E-state index >= 15 is 0 Å². The summed E-state index contributed by atoms with van der Waals surface area (Å²) in [7, 11) is 0. The molecular weight excluding hydrogens is 599 g/mol. The first-order valence-corrected chi connectivity index (χ1v) is 16.5. The molecule has 2 heterocycles. The second-order valence-electron chi connectivity index (χ2n) is 12.1. The minimum absolute atomic E-state index is 0.255. The van der Waals surface area contributed by atoms with E-state index in [4.69, 9.17) is 15.0 Å². The maximum atomic E-state index is 5.09. The van der Waals surface area contributed by atoms with E-state index in [1.807, 2.05) is 48.5 Å². The van der Waals surface area contributed by atoms with Crippen molar-refractivity contribution < 1.29 is 0 Å². The highest BCUT2D eigenvalue weighted by Gasteiger charge is 2.23. The topological polar surface area (TPSA) is 54.6 Å². The molecule has 1 atom stereocenters. The van der Waals surface area contributed by atoms with Gasteiger partial charge in [-0.25, -0.2) is 15.0 Å². The molecule has 9 rings (SSSR count). The molecule has 1 unspecified atom stereocenters. The highest BCUT2D eigenvalue weighted by atomic mass is 15.2. The van der Waals surface area contributed by atoms with Crippen molar-refractivity contribution in [3.63, 3.8) is 0 Å². The van der Waals surface area contributed by atoms with Gasteiger partial charge in [0.05, 0.1) is 11.0 Å². The number of para-hydroxylation sites is 3. The van der Waals surface area contributed by atoms with Crippen LogP contribution in [0.1, 0.15) is 22.9 Å². The zero-order valence-electron chi connectivity index (χ0n) is 26.6. The van der Waals surface area contributed by atoms with Crippen LogP contribution in [-0.4, -0.2) is 21.2 Å². The number of rotatable bonds is 6. The molecule has 232 valence electrons. The van der Waals surface area contributed by atoms with E-state index in [9.17, 15) is 0 Å². The summed E-state index contributed by atoms with van der Waals surface area (Å²) in [5.41, 5.74) is 9.63. The van der Waals surface area contributed by atoms with Crippen molar-refractivity contribution in [1.29, 1.82) is 0 Å². The van der Waals surface area contributed by atoms with Crippen LogP contribution in [-0.2, 0) is 0 Å². The first kappa shape index (κ1) is 28.6. The fraction of sp³-hybridized carbons (Fsp3) is 0.0227. The van der Waals surface area contributed by atoms with E-state index in [0.29, 0.717) is 5.84 Å². The zero-order chi connectivity index (χ0) is 32.6. The normalized spacial score (nSPS) is 14.3. The molecule has 49 heavy (non-hydrogen) atoms. The largest absolute Gasteiger partial charge is 0.344 e. The highest BCUT2D eigenvalue weighted by molar-refractivity contribution is 6.18. The predicted octanol–water partition coefficient (Wildman–Crippen LogP) is 10.0. The van der Waals surface area contributed by atoms with E-state index < -0.39 is 0 Å². The van der Waals surface area contributed by atoms with Gasteiger partial charge >= 0.3 is 0 Å². The van der Waals surface area contributed by atoms with E-state index in [-0.39, 0.29) is 6.17 Å². The molecule has 0 fully saturated rings. The summed E-state index contributed by atoms with van der Waals surface area (Å²) in [6.45, 7) is 0. The molecule has 5 nitrogen and oxygen atoms in total. The maximum absolute atomic E-state index is 5.09. The third kappa shape index (κ3) is 5.28. The zero-order valence-corrected chi connectivity index (χ0v) is 26.6. The molecule has 1 N–H and O–H groups in total. The Kier molecular flexibility index (Phi) is 7.13. The number of nitrogens with one attached hydrogen (secondary N) is 1. The van der Waals surface area contributed by atoms with Crippen molar-refractivity contribution in [2.24, 2.45) is 9.98 Å². The molecule has 5 heteroatoms. The molecule has 7 aromatic carbocycles. The van der Waals surface area contributed by atoms with Gasteiger partial charge in [-0.15, -0.1) is 0 Å². The summed E-state index contributed by atoms with van der Waals surface area (Å²) >= 11 is 0. The number of amidine groups is 2. The van der Waals surface area contributed by atoms with Crippen LogP contribution < -0.4 is 5.32 Å². The monoisotopic (exact) mass is 629 g/mol. The standard InChI is InChI=1S/C44H31N5/c1-4-14-31(15-5-1)41-46-42(32-16-6-2-7-17-32)48-43(47-41)38-29-28-35(36-20-10-11-21-37(36)38)30-24-26-33(27-25-30)44-45-39-22-12-13-23-40(39)49(44)34-18-8-3-9-19-34/h1-29,41H,(H,46,47,48). The highest BCUT2D eigenvalue weighted by Crippen LogP contribution is 2.35. The smallest absolute Gasteiger partial charge is 0.159 e. The predicted molar refractivity (Wildman–Crippen MR) is 201 cm³/mol. The minimum Gasteiger partial charge on any atom is -0.344 e. The van der Waals surface area contributed by atoms with Crippen LogP contribution in [0.15, 0.2) is 186 Å². The fourth-order valence-electron chi connectivity index (χ4n) is 6.72. The number of hydrogen-bond acceptors (Lipinski definition) is 4. The van der Waals surface area contributed by atoms with Crippen LogP contribution in [0.25, 0.3) is 50.0 Å². The Bertz CT molecular complexity index is 2500. The average molecular weight is 630 g/mol. The molecule has 1 aliphatic heterocycles. The molecule has 1 aliphatic rings. The van der Waals surface area contributed by atoms with E-state index in [0.717, 1.165) is 72.5 Å². The molecule has 1 aromatic heterocycles. The maximum Gasteiger partial charge on any atom is 0.159 e. The van der Waals surface area contributed by atoms with Crippen molar-refractivity contribution in [3.8, 4) is 28.2 Å². The molecule has 0 aliphatic carbocycles. The van der Waals surface area contributed by atoms with Crippen molar-refractivity contribution in [3.05, 3.63) is 193 Å². The lowest BCUT2D eigenvalue weighted by atomic mass is 9.93. The quantitative estimate of drug-likeness (QED) is 0.199. The van der Waals surface area contributed by atoms with Gasteiger partial charge in [0.1, 0.15) is 17.8 Å². The number of benzene rings is 7. The first-order chi connectivity index (χ1) is 24.3. The van der Waals surface area contributed by atoms with Crippen molar-refractivity contribution >= 4 is 33.5 Å². The van der Waals surface area contributed by atoms with Crippen molar-refractivity contribution in [2.75, 3.05) is 0 Å². The van der Waals surface area contributed by atoms with Crippen LogP contribution in [0.5, 0.6) is 0 Å². The third-order valence-corrected chi connectivity index (χ3v) is 9.10. The Morgan fingerprint density at radius 2 is 1.08 bits per heavy atom. The average Bonchev–Trinajstić information content (AvgIpc) is 3.58. The Morgan fingerprint density at radius 1 is 0.490 bits per heavy atom. The minimum atomic E-state index is -0.255. The molecule has 0 saturated carbocycles. The molecule has 0 saturated heterocycles. The van der Waals surface area contributed by atoms with Crippen molar-refractivity contribution in [2.45, 2.75) is 6.17 Å². The van der Waals surface area contributed by atoms with Gasteiger partial charge in [0, 0.05) is 22.4 Å². The molecule has 0 radical (unpaired) electrons. The molecule has 0 amide bonds. The van der Waals surface area contributed by atoms with Crippen LogP contribution in [0.2, 0.25) is 0 Å². The number of aromatic nitrogens is 2. The number of aliphatic imine (C=N–C) groups is 2. The Hall–Kier alpha value is -6.59. The second kappa shape index (κ2) is 12.2. The van der Waals surface area contributed by atoms with Crippen LogP contribution >= 0.6 is 0 Å². The number of hydrogen-bond donors (Lipinski definition) is 1. The lowest BCUT2D eigenvalue weighted by Gasteiger charge is -2.24. The van der Waals surface area contributed by atoms with Crippen LogP contribution in [0.3, 0.4) is 0 Å². The van der Waals surface area contributed by atoms with Gasteiger partial charge in [-0.2, -0.15) is 0 Å². The Labute approximate surface area is 284 Å². The molecule has 0 spiro atoms. The van der Waals surface area contributed by atoms with Gasteiger partial charge in [-0.3, -0.25) is 4.57 Å². The Balaban J connectivity index is 1.12. The Morgan fingerprint density at radius 3 is 1.84 bits per heavy atom. The fourth-order valence-corrected chi connectivity index (χ4v) is 6.72. The van der Waals surface area contributed by atoms with Gasteiger partial charge in [0.2, 0.25) is 0 Å². The summed E-state index contributed by atoms with van der Waals surface area (Å²) in [5, 5.41) is 5.93. The summed E-state index contributed by atoms with van der Waals surface area (Å²) in [6, 6.07) is 61.0. The summed E-state index contributed by atoms with van der Waals surface area (Å²) in [6.07, 6.45) is -0.255. The van der Waals surface area contributed by atoms with Gasteiger partial charge in [-0.05, 0) is 51.7 Å². The van der Waals surface area contributed by atoms with Gasteiger partial charge < -0.3 is 5.32 Å². The SMILES string of the molecule is c1ccc(C2=NC(c3ccccc3)NC(c3ccc(-c4ccc(-c5nc6ccccc6n5-c5ccccc5)cc4)c4ccccc34)=N2)cc1. The van der Waals surface area contributed by atoms with Crippen molar-refractivity contribution in [1.82, 2.24) is 14.9 Å². The lowest BCUT2D eigenvalue weighted by molar-refractivity contribution is 0.674. The molecule has 8 aromatic rings. The number of imidazole rings is 1. The van der Waals surface area contributed by atoms with Gasteiger partial charge in [0.15, 0.2) is 5.84 Å². The molecule has 0 bridgehead atoms. The van der Waals surface area contributed by atoms with Gasteiger partial charge in [0.25, 0.3) is 0 Å². The summed E-state index contributed by atoms with van der Waals surface area (Å²) in [5.74, 6) is 2.44. The van der Waals surface area contributed by atoms with Gasteiger partial charge in [-0.1, -0.05) is 152 Å². The second-order valence-corrected chi connectivity index (χ2v) is 12.1. The van der Waals surface area contributed by atoms with E-state index in [2.05, 4.69) is 137 Å². The van der Waals surface area contributed by atoms with Crippen LogP contribution in [0.4, 0.5) is 0 Å². The summed E-state index contributed by atoms with van der Waals surface area (Å²) < 4.78 is 2.24. The van der Waals surface area contributed by atoms with Crippen LogP contribution in [0, 0.1) is 0 Å². The van der Waals surface area contributed by atoms with E-state index in [1.54, 1.807) is 0 Å². The van der Waals surface area contributed by atoms with E-state index in [1.165, 1.54) is 0 Å². The summed E-state index contributed by atoms with van der Waals surface area (Å²) in [4.78, 5) is 15.2. The number of fused-ring (bicyclic) bond motifs is 2. The first-order valence-electron chi connectivity index (χ1n) is 16.5. The molecular formula is C44H31N5.